The second kappa shape index (κ2) is 5.01. The average Bonchev–Trinajstić information content (AvgIpc) is 2.38. The smallest absolute Gasteiger partial charge is 0.296 e. The topological polar surface area (TPSA) is 30.0 Å². The number of alkyl halides is 3. The van der Waals surface area contributed by atoms with Crippen molar-refractivity contribution in [3.8, 4) is 11.1 Å². The number of rotatable bonds is 2. The molecule has 0 N–H and O–H groups in total. The van der Waals surface area contributed by atoms with Crippen LogP contribution < -0.4 is 0 Å². The summed E-state index contributed by atoms with van der Waals surface area (Å²) in [6.07, 6.45) is -2.55. The molecule has 0 atom stereocenters. The maximum atomic E-state index is 12.4. The lowest BCUT2D eigenvalue weighted by Gasteiger charge is -2.09. The Kier molecular flexibility index (Phi) is 3.57. The molecule has 0 radical (unpaired) electrons. The van der Waals surface area contributed by atoms with Gasteiger partial charge < -0.3 is 0 Å². The van der Waals surface area contributed by atoms with Gasteiger partial charge in [-0.3, -0.25) is 9.78 Å². The molecule has 0 aliphatic heterocycles. The highest BCUT2D eigenvalue weighted by molar-refractivity contribution is 6.30. The lowest BCUT2D eigenvalue weighted by Crippen LogP contribution is -2.04. The first-order valence-corrected chi connectivity index (χ1v) is 5.58. The van der Waals surface area contributed by atoms with Crippen LogP contribution in [0.1, 0.15) is 16.1 Å². The fourth-order valence-electron chi connectivity index (χ4n) is 1.61. The minimum absolute atomic E-state index is 0.129. The number of benzene rings is 1. The molecule has 0 saturated carbocycles. The van der Waals surface area contributed by atoms with Crippen LogP contribution in [0.4, 0.5) is 13.2 Å². The van der Waals surface area contributed by atoms with Crippen LogP contribution in [-0.4, -0.2) is 11.3 Å². The SMILES string of the molecule is O=Cc1ncc(Cl)cc1-c1ccc(C(F)(F)F)cc1. The number of halogens is 4. The lowest BCUT2D eigenvalue weighted by atomic mass is 10.0. The van der Waals surface area contributed by atoms with Gasteiger partial charge in [-0.25, -0.2) is 0 Å². The summed E-state index contributed by atoms with van der Waals surface area (Å²) in [5, 5.41) is 0.306. The van der Waals surface area contributed by atoms with E-state index >= 15 is 0 Å². The van der Waals surface area contributed by atoms with Crippen LogP contribution in [0.3, 0.4) is 0 Å². The van der Waals surface area contributed by atoms with Gasteiger partial charge in [0.2, 0.25) is 0 Å². The molecule has 1 heterocycles. The van der Waals surface area contributed by atoms with Crippen LogP contribution in [0.25, 0.3) is 11.1 Å². The van der Waals surface area contributed by atoms with Gasteiger partial charge in [0.25, 0.3) is 0 Å². The van der Waals surface area contributed by atoms with Gasteiger partial charge in [0.05, 0.1) is 10.6 Å². The zero-order valence-electron chi connectivity index (χ0n) is 9.41. The quantitative estimate of drug-likeness (QED) is 0.773. The first-order chi connectivity index (χ1) is 8.91. The Bertz CT molecular complexity index is 608. The second-order valence-corrected chi connectivity index (χ2v) is 4.22. The first-order valence-electron chi connectivity index (χ1n) is 5.20. The number of hydrogen-bond acceptors (Lipinski definition) is 2. The molecular formula is C13H7ClF3NO. The first kappa shape index (κ1) is 13.5. The minimum Gasteiger partial charge on any atom is -0.296 e. The van der Waals surface area contributed by atoms with Crippen molar-refractivity contribution in [1.29, 1.82) is 0 Å². The molecule has 0 saturated heterocycles. The van der Waals surface area contributed by atoms with Crippen molar-refractivity contribution in [3.63, 3.8) is 0 Å². The molecule has 0 unspecified atom stereocenters. The molecule has 2 aromatic rings. The molecule has 0 fully saturated rings. The van der Waals surface area contributed by atoms with Gasteiger partial charge in [-0.1, -0.05) is 23.7 Å². The lowest BCUT2D eigenvalue weighted by molar-refractivity contribution is -0.137. The van der Waals surface area contributed by atoms with E-state index < -0.39 is 11.7 Å². The predicted molar refractivity (Wildman–Crippen MR) is 65.1 cm³/mol. The molecule has 98 valence electrons. The van der Waals surface area contributed by atoms with Crippen molar-refractivity contribution in [3.05, 3.63) is 52.8 Å². The van der Waals surface area contributed by atoms with Crippen molar-refractivity contribution in [2.24, 2.45) is 0 Å². The fraction of sp³-hybridized carbons (Fsp3) is 0.0769. The molecule has 2 rings (SSSR count). The number of nitrogens with zero attached hydrogens (tertiary/aromatic N) is 1. The maximum absolute atomic E-state index is 12.4. The van der Waals surface area contributed by atoms with Crippen LogP contribution >= 0.6 is 11.6 Å². The van der Waals surface area contributed by atoms with Gasteiger partial charge in [0, 0.05) is 11.8 Å². The van der Waals surface area contributed by atoms with Gasteiger partial charge in [0.1, 0.15) is 5.69 Å². The zero-order chi connectivity index (χ0) is 14.0. The summed E-state index contributed by atoms with van der Waals surface area (Å²) in [6.45, 7) is 0. The summed E-state index contributed by atoms with van der Waals surface area (Å²) in [6, 6.07) is 5.95. The predicted octanol–water partition coefficient (Wildman–Crippen LogP) is 4.23. The van der Waals surface area contributed by atoms with Gasteiger partial charge in [-0.15, -0.1) is 0 Å². The van der Waals surface area contributed by atoms with E-state index in [1.807, 2.05) is 0 Å². The van der Waals surface area contributed by atoms with Crippen molar-refractivity contribution < 1.29 is 18.0 Å². The third-order valence-electron chi connectivity index (χ3n) is 2.52. The number of aromatic nitrogens is 1. The molecule has 0 bridgehead atoms. The Hall–Kier alpha value is -1.88. The second-order valence-electron chi connectivity index (χ2n) is 3.78. The van der Waals surface area contributed by atoms with E-state index in [4.69, 9.17) is 11.6 Å². The van der Waals surface area contributed by atoms with Crippen LogP contribution in [0.5, 0.6) is 0 Å². The monoisotopic (exact) mass is 285 g/mol. The summed E-state index contributed by atoms with van der Waals surface area (Å²) in [5.41, 5.74) is 0.226. The number of pyridine rings is 1. The summed E-state index contributed by atoms with van der Waals surface area (Å²) >= 11 is 5.77. The number of carbonyl (C=O) groups excluding carboxylic acids is 1. The summed E-state index contributed by atoms with van der Waals surface area (Å²) < 4.78 is 37.3. The van der Waals surface area contributed by atoms with Gasteiger partial charge in [-0.2, -0.15) is 13.2 Å². The highest BCUT2D eigenvalue weighted by Gasteiger charge is 2.30. The minimum atomic E-state index is -4.39. The van der Waals surface area contributed by atoms with E-state index in [9.17, 15) is 18.0 Å². The molecule has 0 aliphatic rings. The van der Waals surface area contributed by atoms with Crippen LogP contribution in [0.15, 0.2) is 36.5 Å². The molecule has 1 aromatic carbocycles. The third-order valence-corrected chi connectivity index (χ3v) is 2.73. The van der Waals surface area contributed by atoms with Crippen molar-refractivity contribution in [1.82, 2.24) is 4.98 Å². The van der Waals surface area contributed by atoms with E-state index in [1.54, 1.807) is 0 Å². The van der Waals surface area contributed by atoms with Crippen LogP contribution in [0, 0.1) is 0 Å². The molecule has 0 aliphatic carbocycles. The molecule has 6 heteroatoms. The van der Waals surface area contributed by atoms with Crippen LogP contribution in [0.2, 0.25) is 5.02 Å². The summed E-state index contributed by atoms with van der Waals surface area (Å²) in [5.74, 6) is 0. The Labute approximate surface area is 111 Å². The van der Waals surface area contributed by atoms with Crippen LogP contribution in [-0.2, 0) is 6.18 Å². The third kappa shape index (κ3) is 2.93. The maximum Gasteiger partial charge on any atom is 0.416 e. The van der Waals surface area contributed by atoms with Gasteiger partial charge >= 0.3 is 6.18 Å². The molecular weight excluding hydrogens is 279 g/mol. The van der Waals surface area contributed by atoms with Gasteiger partial charge in [-0.05, 0) is 23.8 Å². The highest BCUT2D eigenvalue weighted by Crippen LogP contribution is 2.31. The molecule has 0 spiro atoms. The summed E-state index contributed by atoms with van der Waals surface area (Å²) in [7, 11) is 0. The molecule has 1 aromatic heterocycles. The van der Waals surface area contributed by atoms with E-state index in [2.05, 4.69) is 4.98 Å². The molecule has 2 nitrogen and oxygen atoms in total. The Morgan fingerprint density at radius 1 is 1.16 bits per heavy atom. The van der Waals surface area contributed by atoms with Gasteiger partial charge in [0.15, 0.2) is 6.29 Å². The molecule has 0 amide bonds. The average molecular weight is 286 g/mol. The standard InChI is InChI=1S/C13H7ClF3NO/c14-10-5-11(12(7-19)18-6-10)8-1-3-9(4-2-8)13(15,16)17/h1-7H. The Morgan fingerprint density at radius 3 is 2.32 bits per heavy atom. The number of hydrogen-bond donors (Lipinski definition) is 0. The normalized spacial score (nSPS) is 11.4. The fourth-order valence-corrected chi connectivity index (χ4v) is 1.77. The van der Waals surface area contributed by atoms with Crippen molar-refractivity contribution >= 4 is 17.9 Å². The van der Waals surface area contributed by atoms with Crippen molar-refractivity contribution in [2.45, 2.75) is 6.18 Å². The summed E-state index contributed by atoms with van der Waals surface area (Å²) in [4.78, 5) is 14.7. The Morgan fingerprint density at radius 2 is 1.79 bits per heavy atom. The highest BCUT2D eigenvalue weighted by atomic mass is 35.5. The Balaban J connectivity index is 2.48. The van der Waals surface area contributed by atoms with Crippen molar-refractivity contribution in [2.75, 3.05) is 0 Å². The number of carbonyl (C=O) groups is 1. The largest absolute Gasteiger partial charge is 0.416 e. The van der Waals surface area contributed by atoms with E-state index in [-0.39, 0.29) is 5.69 Å². The van der Waals surface area contributed by atoms with E-state index in [1.165, 1.54) is 24.4 Å². The number of aldehydes is 1. The zero-order valence-corrected chi connectivity index (χ0v) is 10.2. The molecule has 19 heavy (non-hydrogen) atoms. The van der Waals surface area contributed by atoms with E-state index in [0.29, 0.717) is 22.4 Å². The van der Waals surface area contributed by atoms with E-state index in [0.717, 1.165) is 12.1 Å².